The number of hydrogen-bond acceptors (Lipinski definition) is 5. The van der Waals surface area contributed by atoms with Gasteiger partial charge in [-0.25, -0.2) is 13.1 Å². The van der Waals surface area contributed by atoms with Crippen molar-refractivity contribution in [2.45, 2.75) is 24.5 Å². The second-order valence-electron chi connectivity index (χ2n) is 5.08. The molecule has 0 radical (unpaired) electrons. The molecule has 2 N–H and O–H groups in total. The van der Waals surface area contributed by atoms with Gasteiger partial charge in [0.05, 0.1) is 19.3 Å². The van der Waals surface area contributed by atoms with Crippen LogP contribution >= 0.6 is 0 Å². The predicted molar refractivity (Wildman–Crippen MR) is 89.5 cm³/mol. The van der Waals surface area contributed by atoms with Crippen LogP contribution in [0.1, 0.15) is 6.92 Å². The number of aromatic nitrogens is 1. The van der Waals surface area contributed by atoms with E-state index >= 15 is 0 Å². The van der Waals surface area contributed by atoms with Gasteiger partial charge in [0.25, 0.3) is 5.56 Å². The second kappa shape index (κ2) is 8.09. The van der Waals surface area contributed by atoms with Crippen molar-refractivity contribution in [1.82, 2.24) is 9.29 Å². The number of hydrogen-bond donors (Lipinski definition) is 2. The van der Waals surface area contributed by atoms with Crippen LogP contribution in [0.15, 0.2) is 58.4 Å². The first-order valence-electron chi connectivity index (χ1n) is 7.49. The molecule has 0 spiro atoms. The summed E-state index contributed by atoms with van der Waals surface area (Å²) in [5.74, 6) is 0.251. The molecule has 1 aromatic heterocycles. The van der Waals surface area contributed by atoms with E-state index in [0.717, 1.165) is 0 Å². The average Bonchev–Trinajstić information content (AvgIpc) is 2.56. The molecule has 1 aromatic carbocycles. The van der Waals surface area contributed by atoms with E-state index in [1.165, 1.54) is 22.9 Å². The number of aliphatic hydroxyl groups excluding tert-OH is 1. The van der Waals surface area contributed by atoms with E-state index < -0.39 is 16.1 Å². The standard InChI is InChI=1S/C16H20N2O5S/c1-2-23-14-7-3-4-8-15(14)24(21,22)17-11-13(19)12-18-10-6-5-9-16(18)20/h3-10,13,17,19H,2,11-12H2,1H3. The molecule has 0 aliphatic heterocycles. The van der Waals surface area contributed by atoms with Crippen molar-refractivity contribution in [2.24, 2.45) is 0 Å². The Kier molecular flexibility index (Phi) is 6.13. The molecular formula is C16H20N2O5S. The first-order valence-corrected chi connectivity index (χ1v) is 8.97. The van der Waals surface area contributed by atoms with Crippen LogP contribution in [0.3, 0.4) is 0 Å². The van der Waals surface area contributed by atoms with Crippen molar-refractivity contribution < 1.29 is 18.3 Å². The van der Waals surface area contributed by atoms with Crippen LogP contribution in [0.5, 0.6) is 5.75 Å². The highest BCUT2D eigenvalue weighted by molar-refractivity contribution is 7.89. The van der Waals surface area contributed by atoms with Crippen LogP contribution in [0.4, 0.5) is 0 Å². The summed E-state index contributed by atoms with van der Waals surface area (Å²) in [6, 6.07) is 10.9. The molecule has 2 aromatic rings. The molecule has 1 unspecified atom stereocenters. The molecule has 1 atom stereocenters. The Morgan fingerprint density at radius 1 is 1.21 bits per heavy atom. The minimum absolute atomic E-state index is 0.00466. The van der Waals surface area contributed by atoms with Crippen molar-refractivity contribution >= 4 is 10.0 Å². The number of pyridine rings is 1. The van der Waals surface area contributed by atoms with Crippen LogP contribution in [0.25, 0.3) is 0 Å². The van der Waals surface area contributed by atoms with Crippen molar-refractivity contribution in [3.05, 3.63) is 59.0 Å². The van der Waals surface area contributed by atoms with Crippen molar-refractivity contribution in [3.8, 4) is 5.75 Å². The highest BCUT2D eigenvalue weighted by Gasteiger charge is 2.20. The molecule has 8 heteroatoms. The lowest BCUT2D eigenvalue weighted by Gasteiger charge is -2.15. The Morgan fingerprint density at radius 2 is 1.92 bits per heavy atom. The van der Waals surface area contributed by atoms with E-state index in [9.17, 15) is 18.3 Å². The van der Waals surface area contributed by atoms with Gasteiger partial charge in [0, 0.05) is 18.8 Å². The van der Waals surface area contributed by atoms with Gasteiger partial charge in [-0.3, -0.25) is 4.79 Å². The van der Waals surface area contributed by atoms with Crippen LogP contribution < -0.4 is 15.0 Å². The number of para-hydroxylation sites is 1. The molecule has 130 valence electrons. The summed E-state index contributed by atoms with van der Waals surface area (Å²) in [4.78, 5) is 11.6. The Morgan fingerprint density at radius 3 is 2.62 bits per heavy atom. The maximum atomic E-state index is 12.4. The summed E-state index contributed by atoms with van der Waals surface area (Å²) in [6.07, 6.45) is 0.490. The molecule has 0 fully saturated rings. The molecule has 1 heterocycles. The van der Waals surface area contributed by atoms with Crippen LogP contribution in [-0.4, -0.2) is 37.3 Å². The highest BCUT2D eigenvalue weighted by Crippen LogP contribution is 2.22. The minimum atomic E-state index is -3.83. The molecule has 0 saturated carbocycles. The van der Waals surface area contributed by atoms with Gasteiger partial charge in [-0.2, -0.15) is 0 Å². The maximum absolute atomic E-state index is 12.4. The van der Waals surface area contributed by atoms with E-state index in [2.05, 4.69) is 4.72 Å². The molecule has 0 bridgehead atoms. The largest absolute Gasteiger partial charge is 0.492 e. The SMILES string of the molecule is CCOc1ccccc1S(=O)(=O)NCC(O)Cn1ccccc1=O. The van der Waals surface area contributed by atoms with Crippen molar-refractivity contribution in [3.63, 3.8) is 0 Å². The number of nitrogens with zero attached hydrogens (tertiary/aromatic N) is 1. The highest BCUT2D eigenvalue weighted by atomic mass is 32.2. The monoisotopic (exact) mass is 352 g/mol. The number of sulfonamides is 1. The first kappa shape index (κ1) is 18.2. The Balaban J connectivity index is 2.05. The van der Waals surface area contributed by atoms with Gasteiger partial charge in [0.1, 0.15) is 10.6 Å². The Labute approximate surface area is 140 Å². The topological polar surface area (TPSA) is 97.6 Å². The molecular weight excluding hydrogens is 332 g/mol. The fourth-order valence-corrected chi connectivity index (χ4v) is 3.35. The second-order valence-corrected chi connectivity index (χ2v) is 6.81. The smallest absolute Gasteiger partial charge is 0.250 e. The van der Waals surface area contributed by atoms with E-state index in [-0.39, 0.29) is 29.3 Å². The number of nitrogens with one attached hydrogen (secondary N) is 1. The molecule has 24 heavy (non-hydrogen) atoms. The summed E-state index contributed by atoms with van der Waals surface area (Å²) in [5.41, 5.74) is -0.263. The third-order valence-corrected chi connectivity index (χ3v) is 4.72. The van der Waals surface area contributed by atoms with Gasteiger partial charge in [-0.1, -0.05) is 18.2 Å². The van der Waals surface area contributed by atoms with Gasteiger partial charge in [0.15, 0.2) is 0 Å². The van der Waals surface area contributed by atoms with Gasteiger partial charge < -0.3 is 14.4 Å². The lowest BCUT2D eigenvalue weighted by Crippen LogP contribution is -2.36. The van der Waals surface area contributed by atoms with E-state index in [1.54, 1.807) is 37.3 Å². The molecule has 2 rings (SSSR count). The van der Waals surface area contributed by atoms with E-state index in [4.69, 9.17) is 4.74 Å². The van der Waals surface area contributed by atoms with Gasteiger partial charge in [-0.05, 0) is 25.1 Å². The van der Waals surface area contributed by atoms with Gasteiger partial charge >= 0.3 is 0 Å². The van der Waals surface area contributed by atoms with E-state index in [1.807, 2.05) is 0 Å². The molecule has 0 aliphatic rings. The van der Waals surface area contributed by atoms with Crippen LogP contribution in [0.2, 0.25) is 0 Å². The zero-order chi connectivity index (χ0) is 17.6. The number of benzene rings is 1. The zero-order valence-electron chi connectivity index (χ0n) is 13.3. The number of aliphatic hydroxyl groups is 1. The fraction of sp³-hybridized carbons (Fsp3) is 0.312. The van der Waals surface area contributed by atoms with Crippen LogP contribution in [0, 0.1) is 0 Å². The summed E-state index contributed by atoms with van der Waals surface area (Å²) < 4.78 is 33.7. The quantitative estimate of drug-likeness (QED) is 0.724. The third kappa shape index (κ3) is 4.67. The van der Waals surface area contributed by atoms with Crippen molar-refractivity contribution in [1.29, 1.82) is 0 Å². The summed E-state index contributed by atoms with van der Waals surface area (Å²) in [7, 11) is -3.83. The summed E-state index contributed by atoms with van der Waals surface area (Å²) in [6.45, 7) is 1.88. The fourth-order valence-electron chi connectivity index (χ4n) is 2.13. The lowest BCUT2D eigenvalue weighted by molar-refractivity contribution is 0.156. The van der Waals surface area contributed by atoms with Crippen LogP contribution in [-0.2, 0) is 16.6 Å². The minimum Gasteiger partial charge on any atom is -0.492 e. The average molecular weight is 352 g/mol. The van der Waals surface area contributed by atoms with E-state index in [0.29, 0.717) is 6.61 Å². The Hall–Kier alpha value is -2.16. The summed E-state index contributed by atoms with van der Waals surface area (Å²) in [5, 5.41) is 9.99. The normalized spacial score (nSPS) is 12.8. The molecule has 7 nitrogen and oxygen atoms in total. The zero-order valence-corrected chi connectivity index (χ0v) is 14.1. The lowest BCUT2D eigenvalue weighted by atomic mass is 10.3. The number of rotatable bonds is 8. The van der Waals surface area contributed by atoms with Gasteiger partial charge in [-0.15, -0.1) is 0 Å². The maximum Gasteiger partial charge on any atom is 0.250 e. The molecule has 0 aliphatic carbocycles. The van der Waals surface area contributed by atoms with Crippen molar-refractivity contribution in [2.75, 3.05) is 13.2 Å². The Bertz CT molecular complexity index is 832. The predicted octanol–water partition coefficient (Wildman–Crippen LogP) is 0.586. The summed E-state index contributed by atoms with van der Waals surface area (Å²) >= 11 is 0. The first-order chi connectivity index (χ1) is 11.4. The molecule has 0 amide bonds. The van der Waals surface area contributed by atoms with Gasteiger partial charge in [0.2, 0.25) is 10.0 Å². The molecule has 0 saturated heterocycles. The third-order valence-electron chi connectivity index (χ3n) is 3.25. The number of ether oxygens (including phenoxy) is 1.